The fourth-order valence-corrected chi connectivity index (χ4v) is 3.44. The highest BCUT2D eigenvalue weighted by molar-refractivity contribution is 5.90. The SMILES string of the molecule is C[C@@H](Nc1nncc2ncc(N3CCOCC3)cc12)c1cccc(C(F)(F)F)c1F. The second-order valence-corrected chi connectivity index (χ2v) is 6.99. The van der Waals surface area contributed by atoms with Gasteiger partial charge in [0.05, 0.1) is 48.4 Å². The van der Waals surface area contributed by atoms with Gasteiger partial charge < -0.3 is 15.0 Å². The lowest BCUT2D eigenvalue weighted by Crippen LogP contribution is -2.36. The van der Waals surface area contributed by atoms with Gasteiger partial charge in [0.2, 0.25) is 0 Å². The number of hydrogen-bond acceptors (Lipinski definition) is 6. The van der Waals surface area contributed by atoms with E-state index in [1.807, 2.05) is 6.07 Å². The lowest BCUT2D eigenvalue weighted by Gasteiger charge is -2.28. The number of benzene rings is 1. The lowest BCUT2D eigenvalue weighted by molar-refractivity contribution is -0.140. The summed E-state index contributed by atoms with van der Waals surface area (Å²) in [6.07, 6.45) is -1.54. The fraction of sp³-hybridized carbons (Fsp3) is 0.350. The highest BCUT2D eigenvalue weighted by atomic mass is 19.4. The predicted octanol–water partition coefficient (Wildman–Crippen LogP) is 4.19. The first-order valence-corrected chi connectivity index (χ1v) is 9.41. The Balaban J connectivity index is 1.67. The molecule has 3 aromatic rings. The highest BCUT2D eigenvalue weighted by Gasteiger charge is 2.35. The lowest BCUT2D eigenvalue weighted by atomic mass is 10.0. The summed E-state index contributed by atoms with van der Waals surface area (Å²) in [7, 11) is 0. The number of alkyl halides is 3. The number of nitrogens with zero attached hydrogens (tertiary/aromatic N) is 4. The van der Waals surface area contributed by atoms with Crippen LogP contribution in [0.25, 0.3) is 10.9 Å². The molecule has 1 aliphatic rings. The molecule has 1 aliphatic heterocycles. The van der Waals surface area contributed by atoms with Gasteiger partial charge in [0.15, 0.2) is 5.82 Å². The number of anilines is 2. The molecule has 30 heavy (non-hydrogen) atoms. The Morgan fingerprint density at radius 2 is 1.93 bits per heavy atom. The van der Waals surface area contributed by atoms with E-state index in [9.17, 15) is 17.6 Å². The standard InChI is InChI=1S/C20H19F4N5O/c1-12(14-3-2-4-16(18(14)21)20(22,23)24)27-19-15-9-13(29-5-7-30-8-6-29)10-25-17(15)11-26-28-19/h2-4,9-12H,5-8H2,1H3,(H,27,28)/t12-/m1/s1. The molecule has 0 unspecified atom stereocenters. The van der Waals surface area contributed by atoms with Crippen molar-refractivity contribution < 1.29 is 22.3 Å². The van der Waals surface area contributed by atoms with Crippen LogP contribution in [-0.4, -0.2) is 41.5 Å². The van der Waals surface area contributed by atoms with Crippen molar-refractivity contribution in [3.05, 3.63) is 53.6 Å². The predicted molar refractivity (Wildman–Crippen MR) is 104 cm³/mol. The van der Waals surface area contributed by atoms with Gasteiger partial charge >= 0.3 is 6.18 Å². The molecular formula is C20H19F4N5O. The summed E-state index contributed by atoms with van der Waals surface area (Å²) in [5, 5.41) is 11.6. The van der Waals surface area contributed by atoms with E-state index in [-0.39, 0.29) is 5.56 Å². The minimum atomic E-state index is -4.77. The first-order chi connectivity index (χ1) is 14.3. The number of rotatable bonds is 4. The van der Waals surface area contributed by atoms with Crippen LogP contribution in [0.15, 0.2) is 36.7 Å². The number of morpholine rings is 1. The summed E-state index contributed by atoms with van der Waals surface area (Å²) < 4.78 is 59.0. The Labute approximate surface area is 169 Å². The number of ether oxygens (including phenoxy) is 1. The Hall–Kier alpha value is -3.01. The second kappa shape index (κ2) is 8.02. The maximum Gasteiger partial charge on any atom is 0.419 e. The van der Waals surface area contributed by atoms with Crippen LogP contribution >= 0.6 is 0 Å². The quantitative estimate of drug-likeness (QED) is 0.638. The molecule has 0 spiro atoms. The Kier molecular flexibility index (Phi) is 5.42. The van der Waals surface area contributed by atoms with Crippen molar-refractivity contribution in [2.45, 2.75) is 19.1 Å². The van der Waals surface area contributed by atoms with Crippen molar-refractivity contribution in [3.8, 4) is 0 Å². The molecule has 1 N–H and O–H groups in total. The van der Waals surface area contributed by atoms with Crippen molar-refractivity contribution in [2.24, 2.45) is 0 Å². The van der Waals surface area contributed by atoms with E-state index in [1.54, 1.807) is 13.1 Å². The smallest absolute Gasteiger partial charge is 0.378 e. The molecule has 3 heterocycles. The average Bonchev–Trinajstić information content (AvgIpc) is 2.73. The van der Waals surface area contributed by atoms with Gasteiger partial charge in [0.25, 0.3) is 0 Å². The minimum absolute atomic E-state index is 0.110. The Morgan fingerprint density at radius 1 is 1.17 bits per heavy atom. The van der Waals surface area contributed by atoms with E-state index < -0.39 is 23.6 Å². The van der Waals surface area contributed by atoms with Crippen molar-refractivity contribution in [1.82, 2.24) is 15.2 Å². The maximum atomic E-state index is 14.5. The number of halogens is 4. The summed E-state index contributed by atoms with van der Waals surface area (Å²) in [5.74, 6) is -0.982. The second-order valence-electron chi connectivity index (χ2n) is 6.99. The third-order valence-corrected chi connectivity index (χ3v) is 5.03. The summed E-state index contributed by atoms with van der Waals surface area (Å²) >= 11 is 0. The molecule has 0 radical (unpaired) electrons. The van der Waals surface area contributed by atoms with Gasteiger partial charge in [-0.3, -0.25) is 4.98 Å². The van der Waals surface area contributed by atoms with E-state index in [0.717, 1.165) is 24.8 Å². The molecule has 0 amide bonds. The molecule has 1 fully saturated rings. The molecule has 1 atom stereocenters. The number of hydrogen-bond donors (Lipinski definition) is 1. The summed E-state index contributed by atoms with van der Waals surface area (Å²) in [6, 6.07) is 4.34. The van der Waals surface area contributed by atoms with Gasteiger partial charge in [-0.2, -0.15) is 18.3 Å². The van der Waals surface area contributed by atoms with Crippen LogP contribution in [0, 0.1) is 5.82 Å². The Morgan fingerprint density at radius 3 is 2.67 bits per heavy atom. The van der Waals surface area contributed by atoms with Crippen molar-refractivity contribution in [3.63, 3.8) is 0 Å². The van der Waals surface area contributed by atoms with Crippen molar-refractivity contribution in [2.75, 3.05) is 36.5 Å². The molecule has 1 saturated heterocycles. The minimum Gasteiger partial charge on any atom is -0.378 e. The summed E-state index contributed by atoms with van der Waals surface area (Å²) in [6.45, 7) is 4.24. The molecule has 0 aliphatic carbocycles. The molecule has 4 rings (SSSR count). The largest absolute Gasteiger partial charge is 0.419 e. The zero-order valence-corrected chi connectivity index (χ0v) is 16.1. The van der Waals surface area contributed by atoms with Crippen LogP contribution in [0.1, 0.15) is 24.1 Å². The van der Waals surface area contributed by atoms with Crippen LogP contribution in [0.2, 0.25) is 0 Å². The van der Waals surface area contributed by atoms with Crippen LogP contribution < -0.4 is 10.2 Å². The van der Waals surface area contributed by atoms with E-state index in [1.165, 1.54) is 18.3 Å². The number of fused-ring (bicyclic) bond motifs is 1. The molecule has 6 nitrogen and oxygen atoms in total. The fourth-order valence-electron chi connectivity index (χ4n) is 3.44. The van der Waals surface area contributed by atoms with Crippen LogP contribution in [0.5, 0.6) is 0 Å². The highest BCUT2D eigenvalue weighted by Crippen LogP contribution is 2.35. The van der Waals surface area contributed by atoms with E-state index in [0.29, 0.717) is 29.9 Å². The topological polar surface area (TPSA) is 63.2 Å². The monoisotopic (exact) mass is 421 g/mol. The third kappa shape index (κ3) is 4.00. The zero-order valence-electron chi connectivity index (χ0n) is 16.1. The molecule has 0 bridgehead atoms. The van der Waals surface area contributed by atoms with Gasteiger partial charge in [-0.1, -0.05) is 12.1 Å². The number of nitrogens with one attached hydrogen (secondary N) is 1. The third-order valence-electron chi connectivity index (χ3n) is 5.03. The van der Waals surface area contributed by atoms with Gasteiger partial charge in [-0.25, -0.2) is 4.39 Å². The first-order valence-electron chi connectivity index (χ1n) is 9.41. The van der Waals surface area contributed by atoms with Gasteiger partial charge in [-0.05, 0) is 19.1 Å². The first kappa shape index (κ1) is 20.3. The van der Waals surface area contributed by atoms with Crippen LogP contribution in [-0.2, 0) is 10.9 Å². The molecular weight excluding hydrogens is 402 g/mol. The molecule has 0 saturated carbocycles. The van der Waals surface area contributed by atoms with Crippen LogP contribution in [0.3, 0.4) is 0 Å². The van der Waals surface area contributed by atoms with Crippen molar-refractivity contribution in [1.29, 1.82) is 0 Å². The number of aromatic nitrogens is 3. The maximum absolute atomic E-state index is 14.5. The van der Waals surface area contributed by atoms with Gasteiger partial charge in [-0.15, -0.1) is 5.10 Å². The normalized spacial score (nSPS) is 16.0. The molecule has 10 heteroatoms. The van der Waals surface area contributed by atoms with E-state index in [4.69, 9.17) is 4.74 Å². The molecule has 1 aromatic carbocycles. The number of pyridine rings is 1. The van der Waals surface area contributed by atoms with Crippen LogP contribution in [0.4, 0.5) is 29.1 Å². The summed E-state index contributed by atoms with van der Waals surface area (Å²) in [4.78, 5) is 6.53. The average molecular weight is 421 g/mol. The van der Waals surface area contributed by atoms with E-state index >= 15 is 0 Å². The summed E-state index contributed by atoms with van der Waals surface area (Å²) in [5.41, 5.74) is 0.0378. The Bertz CT molecular complexity index is 1050. The van der Waals surface area contributed by atoms with E-state index in [2.05, 4.69) is 25.4 Å². The molecule has 2 aromatic heterocycles. The zero-order chi connectivity index (χ0) is 21.3. The van der Waals surface area contributed by atoms with Gasteiger partial charge in [0.1, 0.15) is 5.82 Å². The van der Waals surface area contributed by atoms with Gasteiger partial charge in [0, 0.05) is 24.0 Å². The molecule has 158 valence electrons. The van der Waals surface area contributed by atoms with Crippen molar-refractivity contribution >= 4 is 22.4 Å².